The fraction of sp³-hybridized carbons (Fsp3) is 1.00. The molecule has 2 unspecified atom stereocenters. The van der Waals surface area contributed by atoms with Gasteiger partial charge in [-0.2, -0.15) is 0 Å². The van der Waals surface area contributed by atoms with E-state index in [1.165, 1.54) is 12.8 Å². The highest BCUT2D eigenvalue weighted by Crippen LogP contribution is 2.21. The molecule has 13 heavy (non-hydrogen) atoms. The molecule has 0 aromatic rings. The lowest BCUT2D eigenvalue weighted by Crippen LogP contribution is -2.40. The highest BCUT2D eigenvalue weighted by atomic mass is 16.5. The molecule has 0 saturated carbocycles. The fourth-order valence-electron chi connectivity index (χ4n) is 1.79. The van der Waals surface area contributed by atoms with Crippen molar-refractivity contribution in [2.45, 2.75) is 44.9 Å². The molecule has 0 spiro atoms. The van der Waals surface area contributed by atoms with Crippen LogP contribution < -0.4 is 0 Å². The lowest BCUT2D eigenvalue weighted by Gasteiger charge is -2.35. The first kappa shape index (κ1) is 12.9. The SMILES string of the molecule is CC1CC(N(C)C)CC(C)O1.CO. The average molecular weight is 189 g/mol. The predicted molar refractivity (Wildman–Crippen MR) is 54.9 cm³/mol. The van der Waals surface area contributed by atoms with E-state index in [1.54, 1.807) is 0 Å². The van der Waals surface area contributed by atoms with Crippen LogP contribution in [0.5, 0.6) is 0 Å². The first-order valence-electron chi connectivity index (χ1n) is 4.86. The summed E-state index contributed by atoms with van der Waals surface area (Å²) < 4.78 is 5.64. The van der Waals surface area contributed by atoms with Crippen molar-refractivity contribution < 1.29 is 9.84 Å². The molecular weight excluding hydrogens is 166 g/mol. The molecule has 0 aliphatic carbocycles. The van der Waals surface area contributed by atoms with Crippen LogP contribution >= 0.6 is 0 Å². The lowest BCUT2D eigenvalue weighted by molar-refractivity contribution is -0.0578. The second-order valence-corrected chi connectivity index (χ2v) is 3.85. The van der Waals surface area contributed by atoms with Gasteiger partial charge in [-0.15, -0.1) is 0 Å². The van der Waals surface area contributed by atoms with Crippen molar-refractivity contribution in [3.05, 3.63) is 0 Å². The summed E-state index contributed by atoms with van der Waals surface area (Å²) in [5.74, 6) is 0. The minimum Gasteiger partial charge on any atom is -0.400 e. The number of nitrogens with zero attached hydrogens (tertiary/aromatic N) is 1. The van der Waals surface area contributed by atoms with Crippen LogP contribution in [-0.4, -0.2) is 49.5 Å². The summed E-state index contributed by atoms with van der Waals surface area (Å²) >= 11 is 0. The maximum Gasteiger partial charge on any atom is 0.0565 e. The summed E-state index contributed by atoms with van der Waals surface area (Å²) in [6.45, 7) is 4.32. The molecule has 3 nitrogen and oxygen atoms in total. The Morgan fingerprint density at radius 2 is 1.46 bits per heavy atom. The first-order chi connectivity index (χ1) is 6.09. The summed E-state index contributed by atoms with van der Waals surface area (Å²) in [6.07, 6.45) is 3.23. The van der Waals surface area contributed by atoms with Gasteiger partial charge in [0.15, 0.2) is 0 Å². The predicted octanol–water partition coefficient (Wildman–Crippen LogP) is 1.11. The smallest absolute Gasteiger partial charge is 0.0565 e. The Morgan fingerprint density at radius 1 is 1.08 bits per heavy atom. The third-order valence-corrected chi connectivity index (χ3v) is 2.40. The van der Waals surface area contributed by atoms with Crippen LogP contribution in [0.4, 0.5) is 0 Å². The van der Waals surface area contributed by atoms with Crippen molar-refractivity contribution in [2.75, 3.05) is 21.2 Å². The molecule has 0 bridgehead atoms. The maximum atomic E-state index is 7.00. The van der Waals surface area contributed by atoms with Gasteiger partial charge >= 0.3 is 0 Å². The molecule has 0 aromatic carbocycles. The van der Waals surface area contributed by atoms with Crippen LogP contribution in [0.15, 0.2) is 0 Å². The van der Waals surface area contributed by atoms with Crippen LogP contribution in [0.1, 0.15) is 26.7 Å². The Labute approximate surface area is 81.7 Å². The minimum atomic E-state index is 0.436. The molecule has 1 aliphatic heterocycles. The van der Waals surface area contributed by atoms with Crippen molar-refractivity contribution in [1.82, 2.24) is 4.90 Å². The van der Waals surface area contributed by atoms with E-state index in [4.69, 9.17) is 9.84 Å². The number of rotatable bonds is 1. The quantitative estimate of drug-likeness (QED) is 0.671. The van der Waals surface area contributed by atoms with Crippen LogP contribution in [0.25, 0.3) is 0 Å². The van der Waals surface area contributed by atoms with Gasteiger partial charge in [-0.3, -0.25) is 0 Å². The third-order valence-electron chi connectivity index (χ3n) is 2.40. The second-order valence-electron chi connectivity index (χ2n) is 3.85. The lowest BCUT2D eigenvalue weighted by atomic mass is 9.99. The summed E-state index contributed by atoms with van der Waals surface area (Å²) in [5, 5.41) is 7.00. The molecule has 1 aliphatic rings. The Morgan fingerprint density at radius 3 is 1.77 bits per heavy atom. The summed E-state index contributed by atoms with van der Waals surface area (Å²) in [7, 11) is 5.30. The maximum absolute atomic E-state index is 7.00. The average Bonchev–Trinajstić information content (AvgIpc) is 2.06. The molecule has 1 fully saturated rings. The molecule has 1 saturated heterocycles. The zero-order valence-electron chi connectivity index (χ0n) is 9.45. The molecule has 1 rings (SSSR count). The van der Waals surface area contributed by atoms with E-state index in [-0.39, 0.29) is 0 Å². The Hall–Kier alpha value is -0.120. The van der Waals surface area contributed by atoms with Gasteiger partial charge in [0.25, 0.3) is 0 Å². The van der Waals surface area contributed by atoms with Crippen LogP contribution in [-0.2, 0) is 4.74 Å². The van der Waals surface area contributed by atoms with Crippen molar-refractivity contribution in [3.63, 3.8) is 0 Å². The van der Waals surface area contributed by atoms with Crippen LogP contribution in [0.3, 0.4) is 0 Å². The number of aliphatic hydroxyl groups is 1. The monoisotopic (exact) mass is 189 g/mol. The largest absolute Gasteiger partial charge is 0.400 e. The number of hydrogen-bond donors (Lipinski definition) is 1. The Kier molecular flexibility index (Phi) is 6.29. The van der Waals surface area contributed by atoms with E-state index in [9.17, 15) is 0 Å². The molecule has 1 heterocycles. The highest BCUT2D eigenvalue weighted by Gasteiger charge is 2.25. The van der Waals surface area contributed by atoms with E-state index in [0.29, 0.717) is 18.2 Å². The zero-order chi connectivity index (χ0) is 10.4. The van der Waals surface area contributed by atoms with Crippen LogP contribution in [0.2, 0.25) is 0 Å². The van der Waals surface area contributed by atoms with E-state index in [1.807, 2.05) is 0 Å². The van der Waals surface area contributed by atoms with Gasteiger partial charge in [0.2, 0.25) is 0 Å². The third kappa shape index (κ3) is 4.60. The second kappa shape index (κ2) is 6.35. The standard InChI is InChI=1S/C9H19NO.CH4O/c1-7-5-9(10(3)4)6-8(2)11-7;1-2/h7-9H,5-6H2,1-4H3;2H,1H3. The first-order valence-corrected chi connectivity index (χ1v) is 4.86. The van der Waals surface area contributed by atoms with E-state index >= 15 is 0 Å². The van der Waals surface area contributed by atoms with Gasteiger partial charge in [0.05, 0.1) is 12.2 Å². The molecular formula is C10H23NO2. The number of aliphatic hydroxyl groups excluding tert-OH is 1. The summed E-state index contributed by atoms with van der Waals surface area (Å²) in [6, 6.07) is 0.716. The normalized spacial score (nSPS) is 33.9. The zero-order valence-corrected chi connectivity index (χ0v) is 9.45. The van der Waals surface area contributed by atoms with Gasteiger partial charge in [-0.1, -0.05) is 0 Å². The molecule has 0 amide bonds. The molecule has 0 aromatic heterocycles. The Balaban J connectivity index is 0.000000671. The minimum absolute atomic E-state index is 0.436. The van der Waals surface area contributed by atoms with Crippen molar-refractivity contribution in [3.8, 4) is 0 Å². The number of ether oxygens (including phenoxy) is 1. The van der Waals surface area contributed by atoms with Gasteiger partial charge < -0.3 is 14.7 Å². The molecule has 3 heteroatoms. The van der Waals surface area contributed by atoms with Crippen LogP contribution in [0, 0.1) is 0 Å². The van der Waals surface area contributed by atoms with Crippen molar-refractivity contribution in [2.24, 2.45) is 0 Å². The highest BCUT2D eigenvalue weighted by molar-refractivity contribution is 4.77. The molecule has 0 radical (unpaired) electrons. The van der Waals surface area contributed by atoms with E-state index < -0.39 is 0 Å². The Bertz CT molecular complexity index is 118. The summed E-state index contributed by atoms with van der Waals surface area (Å²) in [5.41, 5.74) is 0. The van der Waals surface area contributed by atoms with E-state index in [2.05, 4.69) is 32.8 Å². The number of hydrogen-bond acceptors (Lipinski definition) is 3. The topological polar surface area (TPSA) is 32.7 Å². The molecule has 80 valence electrons. The van der Waals surface area contributed by atoms with Gasteiger partial charge in [0, 0.05) is 13.2 Å². The fourth-order valence-corrected chi connectivity index (χ4v) is 1.79. The van der Waals surface area contributed by atoms with Gasteiger partial charge in [-0.05, 0) is 40.8 Å². The van der Waals surface area contributed by atoms with Gasteiger partial charge in [0.1, 0.15) is 0 Å². The van der Waals surface area contributed by atoms with Crippen molar-refractivity contribution in [1.29, 1.82) is 0 Å². The van der Waals surface area contributed by atoms with Crippen molar-refractivity contribution >= 4 is 0 Å². The summed E-state index contributed by atoms with van der Waals surface area (Å²) in [4.78, 5) is 2.30. The molecule has 2 atom stereocenters. The molecule has 1 N–H and O–H groups in total. The van der Waals surface area contributed by atoms with Gasteiger partial charge in [-0.25, -0.2) is 0 Å². The van der Waals surface area contributed by atoms with E-state index in [0.717, 1.165) is 7.11 Å².